The maximum absolute atomic E-state index is 12.5. The topological polar surface area (TPSA) is 61.5 Å². The van der Waals surface area contributed by atoms with Crippen molar-refractivity contribution >= 4 is 11.5 Å². The summed E-state index contributed by atoms with van der Waals surface area (Å²) in [6.07, 6.45) is 0.0130. The Morgan fingerprint density at radius 3 is 2.73 bits per heavy atom. The SMILES string of the molecule is COc1cccc(C2CC(=O)c3cc(N)c(C)c(C)c3O2)c1. The second-order valence-corrected chi connectivity index (χ2v) is 5.60. The summed E-state index contributed by atoms with van der Waals surface area (Å²) in [5, 5.41) is 0. The summed E-state index contributed by atoms with van der Waals surface area (Å²) in [7, 11) is 1.62. The predicted octanol–water partition coefficient (Wildman–Crippen LogP) is 3.60. The first kappa shape index (κ1) is 14.4. The number of nitrogens with two attached hydrogens (primary N) is 1. The van der Waals surface area contributed by atoms with E-state index in [9.17, 15) is 4.79 Å². The molecule has 0 spiro atoms. The van der Waals surface area contributed by atoms with Gasteiger partial charge in [-0.15, -0.1) is 0 Å². The minimum absolute atomic E-state index is 0.0591. The zero-order chi connectivity index (χ0) is 15.9. The second-order valence-electron chi connectivity index (χ2n) is 5.60. The Bertz CT molecular complexity index is 752. The summed E-state index contributed by atoms with van der Waals surface area (Å²) < 4.78 is 11.4. The minimum Gasteiger partial charge on any atom is -0.497 e. The predicted molar refractivity (Wildman–Crippen MR) is 85.6 cm³/mol. The molecule has 1 heterocycles. The zero-order valence-electron chi connectivity index (χ0n) is 13.0. The summed E-state index contributed by atoms with van der Waals surface area (Å²) in [4.78, 5) is 12.5. The van der Waals surface area contributed by atoms with Crippen LogP contribution in [0.15, 0.2) is 30.3 Å². The third kappa shape index (κ3) is 2.30. The van der Waals surface area contributed by atoms with E-state index in [1.165, 1.54) is 0 Å². The molecule has 0 bridgehead atoms. The Kier molecular flexibility index (Phi) is 3.53. The van der Waals surface area contributed by atoms with Gasteiger partial charge >= 0.3 is 0 Å². The molecule has 22 heavy (non-hydrogen) atoms. The smallest absolute Gasteiger partial charge is 0.170 e. The molecule has 1 aliphatic heterocycles. The number of benzene rings is 2. The summed E-state index contributed by atoms with van der Waals surface area (Å²) in [6, 6.07) is 9.35. The van der Waals surface area contributed by atoms with Crippen LogP contribution in [0.5, 0.6) is 11.5 Å². The molecule has 0 aromatic heterocycles. The van der Waals surface area contributed by atoms with E-state index in [1.54, 1.807) is 13.2 Å². The average molecular weight is 297 g/mol. The summed E-state index contributed by atoms with van der Waals surface area (Å²) >= 11 is 0. The first-order valence-electron chi connectivity index (χ1n) is 7.24. The molecular formula is C18H19NO3. The van der Waals surface area contributed by atoms with Crippen LogP contribution in [0.1, 0.15) is 39.6 Å². The molecule has 0 amide bonds. The number of fused-ring (bicyclic) bond motifs is 1. The third-order valence-electron chi connectivity index (χ3n) is 4.28. The first-order valence-corrected chi connectivity index (χ1v) is 7.24. The molecular weight excluding hydrogens is 278 g/mol. The normalized spacial score (nSPS) is 16.9. The number of ketones is 1. The Labute approximate surface area is 129 Å². The number of ether oxygens (including phenoxy) is 2. The van der Waals surface area contributed by atoms with Gasteiger partial charge in [0, 0.05) is 5.69 Å². The van der Waals surface area contributed by atoms with Crippen molar-refractivity contribution in [2.45, 2.75) is 26.4 Å². The van der Waals surface area contributed by atoms with Gasteiger partial charge in [0.1, 0.15) is 17.6 Å². The Balaban J connectivity index is 2.03. The molecule has 4 nitrogen and oxygen atoms in total. The van der Waals surface area contributed by atoms with Gasteiger partial charge in [-0.25, -0.2) is 0 Å². The van der Waals surface area contributed by atoms with Gasteiger partial charge in [-0.1, -0.05) is 12.1 Å². The molecule has 1 atom stereocenters. The maximum Gasteiger partial charge on any atom is 0.170 e. The van der Waals surface area contributed by atoms with E-state index in [2.05, 4.69) is 0 Å². The van der Waals surface area contributed by atoms with Crippen molar-refractivity contribution in [1.29, 1.82) is 0 Å². The lowest BCUT2D eigenvalue weighted by Gasteiger charge is -2.28. The van der Waals surface area contributed by atoms with Crippen LogP contribution in [0.2, 0.25) is 0 Å². The van der Waals surface area contributed by atoms with E-state index < -0.39 is 0 Å². The Morgan fingerprint density at radius 2 is 2.00 bits per heavy atom. The fraction of sp³-hybridized carbons (Fsp3) is 0.278. The molecule has 0 radical (unpaired) electrons. The minimum atomic E-state index is -0.295. The Hall–Kier alpha value is -2.49. The van der Waals surface area contributed by atoms with Gasteiger partial charge in [-0.2, -0.15) is 0 Å². The van der Waals surface area contributed by atoms with Crippen molar-refractivity contribution in [1.82, 2.24) is 0 Å². The molecule has 0 saturated heterocycles. The van der Waals surface area contributed by atoms with E-state index in [-0.39, 0.29) is 11.9 Å². The fourth-order valence-electron chi connectivity index (χ4n) is 2.77. The van der Waals surface area contributed by atoms with Gasteiger partial charge in [0.15, 0.2) is 5.78 Å². The highest BCUT2D eigenvalue weighted by atomic mass is 16.5. The standard InChI is InChI=1S/C18H19NO3/c1-10-11(2)18-14(8-15(10)19)16(20)9-17(22-18)12-5-4-6-13(7-12)21-3/h4-8,17H,9,19H2,1-3H3. The molecule has 0 fully saturated rings. The number of rotatable bonds is 2. The van der Waals surface area contributed by atoms with Crippen LogP contribution < -0.4 is 15.2 Å². The quantitative estimate of drug-likeness (QED) is 0.860. The van der Waals surface area contributed by atoms with Gasteiger partial charge in [0.2, 0.25) is 0 Å². The summed E-state index contributed by atoms with van der Waals surface area (Å²) in [5.74, 6) is 1.46. The van der Waals surface area contributed by atoms with Crippen molar-refractivity contribution in [3.05, 3.63) is 52.6 Å². The highest BCUT2D eigenvalue weighted by Gasteiger charge is 2.30. The van der Waals surface area contributed by atoms with E-state index in [1.807, 2.05) is 38.1 Å². The van der Waals surface area contributed by atoms with Crippen LogP contribution in [0.3, 0.4) is 0 Å². The zero-order valence-corrected chi connectivity index (χ0v) is 13.0. The van der Waals surface area contributed by atoms with E-state index in [0.717, 1.165) is 22.4 Å². The number of carbonyl (C=O) groups excluding carboxylic acids is 1. The van der Waals surface area contributed by atoms with Crippen LogP contribution >= 0.6 is 0 Å². The fourth-order valence-corrected chi connectivity index (χ4v) is 2.77. The lowest BCUT2D eigenvalue weighted by atomic mass is 9.92. The summed E-state index contributed by atoms with van der Waals surface area (Å²) in [6.45, 7) is 3.87. The second kappa shape index (κ2) is 5.37. The van der Waals surface area contributed by atoms with Crippen molar-refractivity contribution in [3.8, 4) is 11.5 Å². The van der Waals surface area contributed by atoms with E-state index in [4.69, 9.17) is 15.2 Å². The molecule has 114 valence electrons. The molecule has 1 aliphatic rings. The molecule has 2 aromatic carbocycles. The highest BCUT2D eigenvalue weighted by molar-refractivity contribution is 6.01. The van der Waals surface area contributed by atoms with Crippen LogP contribution in [-0.4, -0.2) is 12.9 Å². The largest absolute Gasteiger partial charge is 0.497 e. The van der Waals surface area contributed by atoms with Crippen molar-refractivity contribution in [2.75, 3.05) is 12.8 Å². The first-order chi connectivity index (χ1) is 10.5. The lowest BCUT2D eigenvalue weighted by Crippen LogP contribution is -2.22. The monoisotopic (exact) mass is 297 g/mol. The van der Waals surface area contributed by atoms with Crippen molar-refractivity contribution < 1.29 is 14.3 Å². The van der Waals surface area contributed by atoms with Crippen LogP contribution in [0, 0.1) is 13.8 Å². The van der Waals surface area contributed by atoms with Crippen molar-refractivity contribution in [3.63, 3.8) is 0 Å². The number of methoxy groups -OCH3 is 1. The molecule has 2 N–H and O–H groups in total. The number of hydrogen-bond acceptors (Lipinski definition) is 4. The maximum atomic E-state index is 12.5. The van der Waals surface area contributed by atoms with Gasteiger partial charge in [0.25, 0.3) is 0 Å². The van der Waals surface area contributed by atoms with Crippen molar-refractivity contribution in [2.24, 2.45) is 0 Å². The van der Waals surface area contributed by atoms with E-state index in [0.29, 0.717) is 23.4 Å². The van der Waals surface area contributed by atoms with Crippen LogP contribution in [-0.2, 0) is 0 Å². The number of Topliss-reactive ketones (excluding diaryl/α,β-unsaturated/α-hetero) is 1. The molecule has 2 aromatic rings. The van der Waals surface area contributed by atoms with Crippen LogP contribution in [0.4, 0.5) is 5.69 Å². The number of anilines is 1. The number of carbonyl (C=O) groups is 1. The van der Waals surface area contributed by atoms with Gasteiger partial charge in [-0.3, -0.25) is 4.79 Å². The number of nitrogen functional groups attached to an aromatic ring is 1. The highest BCUT2D eigenvalue weighted by Crippen LogP contribution is 2.40. The van der Waals surface area contributed by atoms with Gasteiger partial charge in [0.05, 0.1) is 19.1 Å². The van der Waals surface area contributed by atoms with E-state index >= 15 is 0 Å². The average Bonchev–Trinajstić information content (AvgIpc) is 2.53. The molecule has 0 aliphatic carbocycles. The lowest BCUT2D eigenvalue weighted by molar-refractivity contribution is 0.0848. The molecule has 1 unspecified atom stereocenters. The third-order valence-corrected chi connectivity index (χ3v) is 4.28. The molecule has 0 saturated carbocycles. The van der Waals surface area contributed by atoms with Crippen LogP contribution in [0.25, 0.3) is 0 Å². The molecule has 3 rings (SSSR count). The summed E-state index contributed by atoms with van der Waals surface area (Å²) in [5.41, 5.74) is 10.0. The van der Waals surface area contributed by atoms with Gasteiger partial charge < -0.3 is 15.2 Å². The Morgan fingerprint density at radius 1 is 1.23 bits per heavy atom. The molecule has 4 heteroatoms. The van der Waals surface area contributed by atoms with Gasteiger partial charge in [-0.05, 0) is 48.7 Å². The number of hydrogen-bond donors (Lipinski definition) is 1.